The Morgan fingerprint density at radius 3 is 2.72 bits per heavy atom. The van der Waals surface area contributed by atoms with E-state index in [-0.39, 0.29) is 12.1 Å². The summed E-state index contributed by atoms with van der Waals surface area (Å²) >= 11 is 0. The average Bonchev–Trinajstić information content (AvgIpc) is 3.06. The van der Waals surface area contributed by atoms with Crippen molar-refractivity contribution in [2.45, 2.75) is 44.3 Å². The summed E-state index contributed by atoms with van der Waals surface area (Å²) in [5.74, 6) is 0.859. The molecule has 7 nitrogen and oxygen atoms in total. The number of carbonyl (C=O) groups is 1. The summed E-state index contributed by atoms with van der Waals surface area (Å²) in [5, 5.41) is 5.05. The molecule has 1 atom stereocenters. The molecular weight excluding hydrogens is 316 g/mol. The van der Waals surface area contributed by atoms with Crippen molar-refractivity contribution in [3.63, 3.8) is 0 Å². The van der Waals surface area contributed by atoms with Crippen molar-refractivity contribution in [1.29, 1.82) is 0 Å². The van der Waals surface area contributed by atoms with Crippen LogP contribution in [0.1, 0.15) is 32.1 Å². The van der Waals surface area contributed by atoms with Crippen LogP contribution < -0.4 is 10.7 Å². The number of hydrazine groups is 1. The van der Waals surface area contributed by atoms with Crippen molar-refractivity contribution in [1.82, 2.24) is 25.6 Å². The highest BCUT2D eigenvalue weighted by Gasteiger charge is 2.30. The summed E-state index contributed by atoms with van der Waals surface area (Å²) in [7, 11) is 2.16. The SMILES string of the molecule is CN1CCN(C2C=C3N=CC(C(=O)NC4CCCCC4)=CN3N2)CC1. The van der Waals surface area contributed by atoms with E-state index in [0.717, 1.165) is 44.8 Å². The maximum Gasteiger partial charge on any atom is 0.254 e. The zero-order chi connectivity index (χ0) is 17.2. The summed E-state index contributed by atoms with van der Waals surface area (Å²) in [6.07, 6.45) is 11.7. The quantitative estimate of drug-likeness (QED) is 0.787. The number of nitrogens with zero attached hydrogens (tertiary/aromatic N) is 4. The Bertz CT molecular complexity index is 599. The molecule has 136 valence electrons. The van der Waals surface area contributed by atoms with E-state index in [9.17, 15) is 4.79 Å². The molecule has 7 heteroatoms. The van der Waals surface area contributed by atoms with E-state index >= 15 is 0 Å². The first-order valence-electron chi connectivity index (χ1n) is 9.45. The van der Waals surface area contributed by atoms with Crippen molar-refractivity contribution >= 4 is 12.1 Å². The van der Waals surface area contributed by atoms with Gasteiger partial charge in [0.15, 0.2) is 0 Å². The van der Waals surface area contributed by atoms with Crippen LogP contribution in [0.25, 0.3) is 0 Å². The van der Waals surface area contributed by atoms with Crippen molar-refractivity contribution < 1.29 is 4.79 Å². The first kappa shape index (κ1) is 16.8. The van der Waals surface area contributed by atoms with Crippen LogP contribution in [0, 0.1) is 0 Å². The zero-order valence-corrected chi connectivity index (χ0v) is 14.9. The fourth-order valence-electron chi connectivity index (χ4n) is 3.90. The van der Waals surface area contributed by atoms with Gasteiger partial charge in [0.25, 0.3) is 5.91 Å². The van der Waals surface area contributed by atoms with Crippen LogP contribution in [0.5, 0.6) is 0 Å². The summed E-state index contributed by atoms with van der Waals surface area (Å²) in [6.45, 7) is 4.23. The summed E-state index contributed by atoms with van der Waals surface area (Å²) in [4.78, 5) is 21.8. The predicted octanol–water partition coefficient (Wildman–Crippen LogP) is 0.639. The monoisotopic (exact) mass is 344 g/mol. The fraction of sp³-hybridized carbons (Fsp3) is 0.667. The van der Waals surface area contributed by atoms with Gasteiger partial charge in [-0.05, 0) is 26.0 Å². The zero-order valence-electron chi connectivity index (χ0n) is 14.9. The van der Waals surface area contributed by atoms with Gasteiger partial charge in [0.1, 0.15) is 12.0 Å². The molecular formula is C18H28N6O. The Kier molecular flexibility index (Phi) is 4.87. The highest BCUT2D eigenvalue weighted by atomic mass is 16.1. The van der Waals surface area contributed by atoms with E-state index in [1.54, 1.807) is 6.21 Å². The van der Waals surface area contributed by atoms with Gasteiger partial charge in [0.2, 0.25) is 0 Å². The van der Waals surface area contributed by atoms with Crippen LogP contribution in [0.15, 0.2) is 28.7 Å². The van der Waals surface area contributed by atoms with E-state index in [1.807, 2.05) is 11.2 Å². The van der Waals surface area contributed by atoms with Gasteiger partial charge < -0.3 is 10.2 Å². The molecule has 2 fully saturated rings. The number of carbonyl (C=O) groups excluding carboxylic acids is 1. The van der Waals surface area contributed by atoms with Gasteiger partial charge in [-0.2, -0.15) is 0 Å². The van der Waals surface area contributed by atoms with Gasteiger partial charge in [-0.15, -0.1) is 0 Å². The van der Waals surface area contributed by atoms with Crippen LogP contribution in [0.2, 0.25) is 0 Å². The Morgan fingerprint density at radius 2 is 1.96 bits per heavy atom. The maximum atomic E-state index is 12.5. The lowest BCUT2D eigenvalue weighted by Crippen LogP contribution is -2.53. The van der Waals surface area contributed by atoms with E-state index in [2.05, 4.69) is 38.7 Å². The third kappa shape index (κ3) is 3.78. The molecule has 0 bridgehead atoms. The van der Waals surface area contributed by atoms with Gasteiger partial charge in [0.05, 0.1) is 5.57 Å². The molecule has 4 rings (SSSR count). The lowest BCUT2D eigenvalue weighted by molar-refractivity contribution is -0.117. The smallest absolute Gasteiger partial charge is 0.254 e. The number of nitrogens with one attached hydrogen (secondary N) is 2. The molecule has 1 aliphatic carbocycles. The molecule has 1 saturated carbocycles. The number of hydrogen-bond donors (Lipinski definition) is 2. The van der Waals surface area contributed by atoms with Crippen LogP contribution in [-0.2, 0) is 4.79 Å². The molecule has 25 heavy (non-hydrogen) atoms. The topological polar surface area (TPSA) is 63.2 Å². The minimum atomic E-state index is -0.0143. The molecule has 0 spiro atoms. The van der Waals surface area contributed by atoms with Gasteiger partial charge in [-0.3, -0.25) is 14.7 Å². The van der Waals surface area contributed by atoms with Crippen LogP contribution in [-0.4, -0.2) is 72.4 Å². The number of piperazine rings is 1. The number of rotatable bonds is 3. The molecule has 1 unspecified atom stereocenters. The number of fused-ring (bicyclic) bond motifs is 1. The molecule has 3 aliphatic heterocycles. The highest BCUT2D eigenvalue weighted by molar-refractivity contribution is 6.12. The largest absolute Gasteiger partial charge is 0.349 e. The standard InChI is InChI=1S/C18H28N6O/c1-22-7-9-23(10-8-22)17-11-16-19-12-14(13-24(16)21-17)18(25)20-15-5-3-2-4-6-15/h11-13,15,17,21H,2-10H2,1H3,(H,20,25). The maximum absolute atomic E-state index is 12.5. The number of hydrogen-bond acceptors (Lipinski definition) is 6. The summed E-state index contributed by atoms with van der Waals surface area (Å²) in [5.41, 5.74) is 4.06. The van der Waals surface area contributed by atoms with Crippen LogP contribution >= 0.6 is 0 Å². The first-order chi connectivity index (χ1) is 12.2. The molecule has 4 aliphatic rings. The van der Waals surface area contributed by atoms with E-state index < -0.39 is 0 Å². The van der Waals surface area contributed by atoms with Gasteiger partial charge in [-0.25, -0.2) is 10.4 Å². The lowest BCUT2D eigenvalue weighted by Gasteiger charge is -2.36. The Morgan fingerprint density at radius 1 is 1.20 bits per heavy atom. The van der Waals surface area contributed by atoms with Crippen LogP contribution in [0.3, 0.4) is 0 Å². The van der Waals surface area contributed by atoms with E-state index in [4.69, 9.17) is 0 Å². The number of amides is 1. The molecule has 0 aromatic carbocycles. The molecule has 0 aromatic heterocycles. The number of aliphatic imine (C=N–C) groups is 1. The first-order valence-corrected chi connectivity index (χ1v) is 9.45. The normalized spacial score (nSPS) is 28.5. The molecule has 1 saturated heterocycles. The van der Waals surface area contributed by atoms with Gasteiger partial charge >= 0.3 is 0 Å². The van der Waals surface area contributed by atoms with Crippen LogP contribution in [0.4, 0.5) is 0 Å². The van der Waals surface area contributed by atoms with Crippen molar-refractivity contribution in [2.24, 2.45) is 4.99 Å². The van der Waals surface area contributed by atoms with Crippen molar-refractivity contribution in [3.05, 3.63) is 23.7 Å². The van der Waals surface area contributed by atoms with Gasteiger partial charge in [-0.1, -0.05) is 19.3 Å². The summed E-state index contributed by atoms with van der Waals surface area (Å²) in [6, 6.07) is 0.317. The van der Waals surface area contributed by atoms with Crippen molar-refractivity contribution in [3.8, 4) is 0 Å². The average molecular weight is 344 g/mol. The highest BCUT2D eigenvalue weighted by Crippen LogP contribution is 2.22. The van der Waals surface area contributed by atoms with Gasteiger partial charge in [0, 0.05) is 44.6 Å². The summed E-state index contributed by atoms with van der Waals surface area (Å²) < 4.78 is 0. The Hall–Kier alpha value is -1.70. The molecule has 0 aromatic rings. The lowest BCUT2D eigenvalue weighted by atomic mass is 9.95. The van der Waals surface area contributed by atoms with E-state index in [0.29, 0.717) is 11.6 Å². The second kappa shape index (κ2) is 7.27. The van der Waals surface area contributed by atoms with E-state index in [1.165, 1.54) is 19.3 Å². The number of likely N-dealkylation sites (N-methyl/N-ethyl adjacent to an activating group) is 1. The molecule has 1 amide bonds. The minimum absolute atomic E-state index is 0.0143. The predicted molar refractivity (Wildman–Crippen MR) is 97.5 cm³/mol. The fourth-order valence-corrected chi connectivity index (χ4v) is 3.90. The second-order valence-corrected chi connectivity index (χ2v) is 7.46. The third-order valence-electron chi connectivity index (χ3n) is 5.56. The van der Waals surface area contributed by atoms with Crippen molar-refractivity contribution in [2.75, 3.05) is 33.2 Å². The molecule has 3 heterocycles. The Balaban J connectivity index is 1.36. The third-order valence-corrected chi connectivity index (χ3v) is 5.56. The molecule has 2 N–H and O–H groups in total. The Labute approximate surface area is 149 Å². The molecule has 0 radical (unpaired) electrons. The second-order valence-electron chi connectivity index (χ2n) is 7.46. The minimum Gasteiger partial charge on any atom is -0.349 e.